The van der Waals surface area contributed by atoms with Gasteiger partial charge in [-0.05, 0) is 31.4 Å². The molecule has 1 N–H and O–H groups in total. The predicted molar refractivity (Wildman–Crippen MR) is 92.9 cm³/mol. The number of carbonyl (C=O) groups is 1. The Morgan fingerprint density at radius 3 is 2.68 bits per heavy atom. The van der Waals surface area contributed by atoms with Gasteiger partial charge in [0.05, 0.1) is 33.0 Å². The molecule has 0 aromatic heterocycles. The van der Waals surface area contributed by atoms with Gasteiger partial charge >= 0.3 is 6.09 Å². The highest BCUT2D eigenvalue weighted by molar-refractivity contribution is 5.69. The molecule has 138 valence electrons. The number of carbonyl (C=O) groups excluding carboxylic acids is 1. The first-order valence-electron chi connectivity index (χ1n) is 8.83. The van der Waals surface area contributed by atoms with Crippen molar-refractivity contribution in [1.29, 1.82) is 0 Å². The molecule has 1 aliphatic carbocycles. The van der Waals surface area contributed by atoms with E-state index in [1.165, 1.54) is 7.11 Å². The Morgan fingerprint density at radius 2 is 2.00 bits per heavy atom. The van der Waals surface area contributed by atoms with Crippen molar-refractivity contribution in [1.82, 2.24) is 4.90 Å². The number of ether oxygens (including phenoxy) is 3. The van der Waals surface area contributed by atoms with Crippen LogP contribution in [0.2, 0.25) is 0 Å². The van der Waals surface area contributed by atoms with Crippen LogP contribution in [-0.4, -0.2) is 49.6 Å². The molecule has 1 amide bonds. The van der Waals surface area contributed by atoms with E-state index in [9.17, 15) is 9.90 Å². The molecule has 1 aromatic rings. The van der Waals surface area contributed by atoms with Crippen molar-refractivity contribution < 1.29 is 24.1 Å². The van der Waals surface area contributed by atoms with Crippen molar-refractivity contribution in [2.45, 2.75) is 43.7 Å². The molecular formula is C19H27NO5. The number of benzene rings is 1. The summed E-state index contributed by atoms with van der Waals surface area (Å²) in [6.45, 7) is 0.472. The van der Waals surface area contributed by atoms with E-state index in [0.717, 1.165) is 31.2 Å². The zero-order valence-corrected chi connectivity index (χ0v) is 15.2. The molecule has 6 nitrogen and oxygen atoms in total. The van der Waals surface area contributed by atoms with Crippen molar-refractivity contribution in [2.75, 3.05) is 27.9 Å². The van der Waals surface area contributed by atoms with Crippen LogP contribution < -0.4 is 9.47 Å². The maximum atomic E-state index is 12.4. The lowest BCUT2D eigenvalue weighted by Gasteiger charge is -2.52. The van der Waals surface area contributed by atoms with E-state index in [2.05, 4.69) is 0 Å². The smallest absolute Gasteiger partial charge is 0.410 e. The lowest BCUT2D eigenvalue weighted by molar-refractivity contribution is -0.118. The second-order valence-corrected chi connectivity index (χ2v) is 6.92. The Kier molecular flexibility index (Phi) is 5.08. The van der Waals surface area contributed by atoms with Gasteiger partial charge in [0, 0.05) is 24.1 Å². The average molecular weight is 349 g/mol. The maximum absolute atomic E-state index is 12.4. The van der Waals surface area contributed by atoms with Crippen LogP contribution >= 0.6 is 0 Å². The molecule has 1 aromatic carbocycles. The summed E-state index contributed by atoms with van der Waals surface area (Å²) in [5.74, 6) is 1.32. The summed E-state index contributed by atoms with van der Waals surface area (Å²) >= 11 is 0. The molecule has 1 aliphatic heterocycles. The van der Waals surface area contributed by atoms with E-state index >= 15 is 0 Å². The normalized spacial score (nSPS) is 28.9. The minimum atomic E-state index is -0.738. The molecular weight excluding hydrogens is 322 g/mol. The average Bonchev–Trinajstić information content (AvgIpc) is 2.65. The highest BCUT2D eigenvalue weighted by Crippen LogP contribution is 2.51. The van der Waals surface area contributed by atoms with Crippen molar-refractivity contribution in [3.8, 4) is 11.5 Å². The zero-order valence-electron chi connectivity index (χ0n) is 15.2. The van der Waals surface area contributed by atoms with Crippen LogP contribution in [-0.2, 0) is 4.74 Å². The summed E-state index contributed by atoms with van der Waals surface area (Å²) in [4.78, 5) is 14.1. The SMILES string of the molecule is COC(=O)N1CC[C@]2(O)CCCC[C@H]2[C@@H]1c1ccc(OC)cc1OC. The van der Waals surface area contributed by atoms with Crippen LogP contribution in [0.25, 0.3) is 0 Å². The van der Waals surface area contributed by atoms with E-state index in [1.807, 2.05) is 18.2 Å². The topological polar surface area (TPSA) is 68.2 Å². The van der Waals surface area contributed by atoms with Gasteiger partial charge in [-0.15, -0.1) is 0 Å². The molecule has 0 bridgehead atoms. The van der Waals surface area contributed by atoms with E-state index < -0.39 is 5.60 Å². The van der Waals surface area contributed by atoms with Crippen LogP contribution in [0.3, 0.4) is 0 Å². The van der Waals surface area contributed by atoms with Gasteiger partial charge in [0.1, 0.15) is 11.5 Å². The maximum Gasteiger partial charge on any atom is 0.410 e. The number of piperidine rings is 1. The molecule has 3 atom stereocenters. The predicted octanol–water partition coefficient (Wildman–Crippen LogP) is 3.14. The third-order valence-electron chi connectivity index (χ3n) is 5.74. The fourth-order valence-electron chi connectivity index (χ4n) is 4.45. The Morgan fingerprint density at radius 1 is 1.20 bits per heavy atom. The molecule has 0 radical (unpaired) electrons. The van der Waals surface area contributed by atoms with Crippen molar-refractivity contribution in [2.24, 2.45) is 5.92 Å². The summed E-state index contributed by atoms with van der Waals surface area (Å²) in [6, 6.07) is 5.34. The minimum Gasteiger partial charge on any atom is -0.497 e. The summed E-state index contributed by atoms with van der Waals surface area (Å²) in [6.07, 6.45) is 3.96. The Labute approximate surface area is 148 Å². The Balaban J connectivity index is 2.07. The summed E-state index contributed by atoms with van der Waals surface area (Å²) in [5.41, 5.74) is 0.150. The Hall–Kier alpha value is -1.95. The van der Waals surface area contributed by atoms with Gasteiger partial charge in [0.25, 0.3) is 0 Å². The van der Waals surface area contributed by atoms with Gasteiger partial charge in [0.15, 0.2) is 0 Å². The standard InChI is InChI=1S/C19H27NO5/c1-23-13-7-8-14(16(12-13)24-2)17-15-6-4-5-9-19(15,22)10-11-20(17)18(21)25-3/h7-8,12,15,17,22H,4-6,9-11H2,1-3H3/t15-,17-,19+/m0/s1. The number of methoxy groups -OCH3 is 3. The second kappa shape index (κ2) is 7.12. The molecule has 1 saturated heterocycles. The summed E-state index contributed by atoms with van der Waals surface area (Å²) in [5, 5.41) is 11.2. The third-order valence-corrected chi connectivity index (χ3v) is 5.74. The first-order chi connectivity index (χ1) is 12.0. The largest absolute Gasteiger partial charge is 0.497 e. The quantitative estimate of drug-likeness (QED) is 0.908. The molecule has 25 heavy (non-hydrogen) atoms. The number of nitrogens with zero attached hydrogens (tertiary/aromatic N) is 1. The van der Waals surface area contributed by atoms with Crippen molar-refractivity contribution >= 4 is 6.09 Å². The lowest BCUT2D eigenvalue weighted by atomic mass is 9.66. The van der Waals surface area contributed by atoms with E-state index in [4.69, 9.17) is 14.2 Å². The van der Waals surface area contributed by atoms with E-state index in [0.29, 0.717) is 24.5 Å². The van der Waals surface area contributed by atoms with E-state index in [-0.39, 0.29) is 18.1 Å². The molecule has 3 rings (SSSR count). The summed E-state index contributed by atoms with van der Waals surface area (Å²) in [7, 11) is 4.61. The van der Waals surface area contributed by atoms with Crippen LogP contribution in [0.4, 0.5) is 4.79 Å². The fraction of sp³-hybridized carbons (Fsp3) is 0.632. The molecule has 1 heterocycles. The number of rotatable bonds is 3. The van der Waals surface area contributed by atoms with E-state index in [1.54, 1.807) is 19.1 Å². The number of fused-ring (bicyclic) bond motifs is 1. The third kappa shape index (κ3) is 3.15. The molecule has 6 heteroatoms. The molecule has 0 unspecified atom stereocenters. The number of aliphatic hydroxyl groups is 1. The minimum absolute atomic E-state index is 0.0311. The van der Waals surface area contributed by atoms with Gasteiger partial charge in [-0.2, -0.15) is 0 Å². The second-order valence-electron chi connectivity index (χ2n) is 6.92. The van der Waals surface area contributed by atoms with Crippen molar-refractivity contribution in [3.05, 3.63) is 23.8 Å². The first kappa shape index (κ1) is 17.9. The van der Waals surface area contributed by atoms with Gasteiger partial charge in [-0.1, -0.05) is 12.8 Å². The lowest BCUT2D eigenvalue weighted by Crippen LogP contribution is -2.56. The fourth-order valence-corrected chi connectivity index (χ4v) is 4.45. The highest BCUT2D eigenvalue weighted by Gasteiger charge is 2.51. The number of hydrogen-bond acceptors (Lipinski definition) is 5. The van der Waals surface area contributed by atoms with Gasteiger partial charge in [0.2, 0.25) is 0 Å². The molecule has 2 aliphatic rings. The van der Waals surface area contributed by atoms with Gasteiger partial charge in [-0.25, -0.2) is 4.79 Å². The van der Waals surface area contributed by atoms with Gasteiger partial charge in [-0.3, -0.25) is 0 Å². The van der Waals surface area contributed by atoms with Crippen LogP contribution in [0.1, 0.15) is 43.7 Å². The Bertz CT molecular complexity index is 634. The van der Waals surface area contributed by atoms with Gasteiger partial charge < -0.3 is 24.2 Å². The molecule has 2 fully saturated rings. The zero-order chi connectivity index (χ0) is 18.0. The molecule has 1 saturated carbocycles. The summed E-state index contributed by atoms with van der Waals surface area (Å²) < 4.78 is 15.9. The van der Waals surface area contributed by atoms with Crippen molar-refractivity contribution in [3.63, 3.8) is 0 Å². The number of likely N-dealkylation sites (tertiary alicyclic amines) is 1. The van der Waals surface area contributed by atoms with Crippen LogP contribution in [0.15, 0.2) is 18.2 Å². The van der Waals surface area contributed by atoms with Crippen LogP contribution in [0.5, 0.6) is 11.5 Å². The number of amides is 1. The monoisotopic (exact) mass is 349 g/mol. The van der Waals surface area contributed by atoms with Crippen LogP contribution in [0, 0.1) is 5.92 Å². The first-order valence-corrected chi connectivity index (χ1v) is 8.83. The molecule has 0 spiro atoms. The number of hydrogen-bond donors (Lipinski definition) is 1. The highest BCUT2D eigenvalue weighted by atomic mass is 16.5.